The van der Waals surface area contributed by atoms with Crippen LogP contribution in [0.2, 0.25) is 16.6 Å². The molecule has 0 aliphatic heterocycles. The van der Waals surface area contributed by atoms with E-state index in [1.54, 1.807) is 10.8 Å². The highest BCUT2D eigenvalue weighted by atomic mass is 28.3. The molecular weight excluding hydrogens is 426 g/mol. The summed E-state index contributed by atoms with van der Waals surface area (Å²) in [4.78, 5) is 0. The molecule has 182 valence electrons. The molecule has 0 amide bonds. The van der Waals surface area contributed by atoms with Gasteiger partial charge in [0.1, 0.15) is 7.05 Å². The smallest absolute Gasteiger partial charge is 0.200 e. The molecule has 1 fully saturated rings. The van der Waals surface area contributed by atoms with Gasteiger partial charge in [0.25, 0.3) is 0 Å². The first kappa shape index (κ1) is 25.2. The van der Waals surface area contributed by atoms with Crippen LogP contribution in [0.3, 0.4) is 0 Å². The van der Waals surface area contributed by atoms with E-state index in [4.69, 9.17) is 0 Å². The van der Waals surface area contributed by atoms with Crippen molar-refractivity contribution in [1.82, 2.24) is 0 Å². The van der Waals surface area contributed by atoms with E-state index in [1.807, 2.05) is 0 Å². The molecule has 0 bridgehead atoms. The third-order valence-electron chi connectivity index (χ3n) is 9.10. The summed E-state index contributed by atoms with van der Waals surface area (Å²) in [5.41, 5.74) is 7.85. The van der Waals surface area contributed by atoms with Crippen LogP contribution in [0.5, 0.6) is 0 Å². The van der Waals surface area contributed by atoms with Gasteiger partial charge in [-0.1, -0.05) is 90.3 Å². The van der Waals surface area contributed by atoms with Crippen molar-refractivity contribution in [2.45, 2.75) is 103 Å². The Morgan fingerprint density at radius 3 is 2.06 bits per heavy atom. The van der Waals surface area contributed by atoms with Crippen molar-refractivity contribution in [3.05, 3.63) is 59.8 Å². The first-order chi connectivity index (χ1) is 16.2. The standard InChI is InChI=1S/C32H46NSi/c1-22(2)34(23(3)4,24(5)6)29-16-17-30-28(20-29)18-19-33(8)32(30)31-21-27(15-14-25(31)7)26-12-10-9-11-13-26/h14-24,26H,9-13H2,1-8H3/q+1. The fourth-order valence-corrected chi connectivity index (χ4v) is 14.3. The van der Waals surface area contributed by atoms with E-state index in [9.17, 15) is 0 Å². The number of aryl methyl sites for hydroxylation is 2. The average molecular weight is 473 g/mol. The van der Waals surface area contributed by atoms with Gasteiger partial charge in [-0.25, -0.2) is 4.57 Å². The largest absolute Gasteiger partial charge is 0.220 e. The first-order valence-electron chi connectivity index (χ1n) is 13.7. The summed E-state index contributed by atoms with van der Waals surface area (Å²) >= 11 is 0. The summed E-state index contributed by atoms with van der Waals surface area (Å²) in [6.45, 7) is 17.1. The van der Waals surface area contributed by atoms with Crippen molar-refractivity contribution in [2.24, 2.45) is 7.05 Å². The number of hydrogen-bond donors (Lipinski definition) is 0. The van der Waals surface area contributed by atoms with Crippen LogP contribution in [0.1, 0.15) is 90.7 Å². The summed E-state index contributed by atoms with van der Waals surface area (Å²) < 4.78 is 2.34. The van der Waals surface area contributed by atoms with Crippen LogP contribution < -0.4 is 9.75 Å². The maximum absolute atomic E-state index is 2.56. The molecule has 1 aromatic heterocycles. The van der Waals surface area contributed by atoms with Gasteiger partial charge in [0.2, 0.25) is 5.69 Å². The van der Waals surface area contributed by atoms with E-state index in [0.29, 0.717) is 0 Å². The van der Waals surface area contributed by atoms with Gasteiger partial charge in [-0.15, -0.1) is 0 Å². The fraction of sp³-hybridized carbons (Fsp3) is 0.531. The van der Waals surface area contributed by atoms with Crippen molar-refractivity contribution < 1.29 is 4.57 Å². The van der Waals surface area contributed by atoms with Crippen LogP contribution in [0.4, 0.5) is 0 Å². The van der Waals surface area contributed by atoms with E-state index < -0.39 is 8.07 Å². The van der Waals surface area contributed by atoms with Gasteiger partial charge in [-0.3, -0.25) is 0 Å². The lowest BCUT2D eigenvalue weighted by Gasteiger charge is -2.43. The summed E-state index contributed by atoms with van der Waals surface area (Å²) in [5.74, 6) is 0.731. The predicted molar refractivity (Wildman–Crippen MR) is 152 cm³/mol. The monoisotopic (exact) mass is 472 g/mol. The maximum atomic E-state index is 2.56. The minimum Gasteiger partial charge on any atom is -0.200 e. The van der Waals surface area contributed by atoms with E-state index in [1.165, 1.54) is 59.7 Å². The lowest BCUT2D eigenvalue weighted by atomic mass is 9.82. The van der Waals surface area contributed by atoms with E-state index in [2.05, 4.69) is 109 Å². The minimum atomic E-state index is -1.68. The second-order valence-corrected chi connectivity index (χ2v) is 17.8. The van der Waals surface area contributed by atoms with Crippen LogP contribution in [0, 0.1) is 6.92 Å². The highest BCUT2D eigenvalue weighted by Crippen LogP contribution is 2.42. The van der Waals surface area contributed by atoms with E-state index in [0.717, 1.165) is 22.5 Å². The minimum absolute atomic E-state index is 0.721. The Labute approximate surface area is 209 Å². The Hall–Kier alpha value is -1.93. The van der Waals surface area contributed by atoms with Crippen LogP contribution in [-0.4, -0.2) is 8.07 Å². The molecule has 0 radical (unpaired) electrons. The molecule has 3 aromatic rings. The summed E-state index contributed by atoms with van der Waals surface area (Å²) in [7, 11) is 0.533. The third-order valence-corrected chi connectivity index (χ3v) is 16.1. The Bertz CT molecular complexity index is 1130. The molecule has 1 saturated carbocycles. The molecule has 0 N–H and O–H groups in total. The Kier molecular flexibility index (Phi) is 7.38. The molecule has 4 rings (SSSR count). The molecule has 0 atom stereocenters. The lowest BCUT2D eigenvalue weighted by Crippen LogP contribution is -2.55. The van der Waals surface area contributed by atoms with Crippen molar-refractivity contribution >= 4 is 24.0 Å². The Morgan fingerprint density at radius 2 is 1.44 bits per heavy atom. The van der Waals surface area contributed by atoms with E-state index in [-0.39, 0.29) is 0 Å². The molecule has 1 aliphatic carbocycles. The molecule has 1 nitrogen and oxygen atoms in total. The zero-order valence-corrected chi connectivity index (χ0v) is 23.9. The highest BCUT2D eigenvalue weighted by molar-refractivity contribution is 6.95. The van der Waals surface area contributed by atoms with Gasteiger partial charge in [0, 0.05) is 11.6 Å². The number of pyridine rings is 1. The molecule has 2 aromatic carbocycles. The van der Waals surface area contributed by atoms with E-state index >= 15 is 0 Å². The number of fused-ring (bicyclic) bond motifs is 1. The van der Waals surface area contributed by atoms with Gasteiger partial charge in [-0.05, 0) is 71.0 Å². The van der Waals surface area contributed by atoms with Crippen LogP contribution in [0.15, 0.2) is 48.7 Å². The lowest BCUT2D eigenvalue weighted by molar-refractivity contribution is -0.659. The molecule has 34 heavy (non-hydrogen) atoms. The van der Waals surface area contributed by atoms with Crippen molar-refractivity contribution in [3.8, 4) is 11.3 Å². The Balaban J connectivity index is 1.89. The van der Waals surface area contributed by atoms with Gasteiger partial charge < -0.3 is 0 Å². The van der Waals surface area contributed by atoms with Crippen molar-refractivity contribution in [1.29, 1.82) is 0 Å². The quantitative estimate of drug-likeness (QED) is 0.250. The number of nitrogens with zero attached hydrogens (tertiary/aromatic N) is 1. The van der Waals surface area contributed by atoms with Gasteiger partial charge in [-0.2, -0.15) is 0 Å². The summed E-state index contributed by atoms with van der Waals surface area (Å²) in [6, 6.07) is 17.1. The summed E-state index contributed by atoms with van der Waals surface area (Å²) in [6.07, 6.45) is 9.14. The number of aromatic nitrogens is 1. The normalized spacial score (nSPS) is 15.7. The van der Waals surface area contributed by atoms with Crippen molar-refractivity contribution in [2.75, 3.05) is 0 Å². The molecule has 0 spiro atoms. The van der Waals surface area contributed by atoms with Crippen LogP contribution >= 0.6 is 0 Å². The zero-order chi connectivity index (χ0) is 24.6. The van der Waals surface area contributed by atoms with Gasteiger partial charge >= 0.3 is 0 Å². The molecule has 1 aliphatic rings. The molecule has 1 heterocycles. The van der Waals surface area contributed by atoms with Gasteiger partial charge in [0.05, 0.1) is 13.5 Å². The first-order valence-corrected chi connectivity index (χ1v) is 15.9. The second kappa shape index (κ2) is 9.97. The highest BCUT2D eigenvalue weighted by Gasteiger charge is 2.44. The number of rotatable bonds is 6. The topological polar surface area (TPSA) is 3.88 Å². The van der Waals surface area contributed by atoms with Crippen LogP contribution in [-0.2, 0) is 7.05 Å². The zero-order valence-electron chi connectivity index (χ0n) is 22.9. The van der Waals surface area contributed by atoms with Gasteiger partial charge in [0.15, 0.2) is 6.20 Å². The molecule has 0 unspecified atom stereocenters. The Morgan fingerprint density at radius 1 is 0.794 bits per heavy atom. The SMILES string of the molecule is Cc1ccc(C2CCCCC2)cc1-c1c2ccc([Si](C(C)C)(C(C)C)C(C)C)cc2cc[n+]1C. The molecule has 2 heteroatoms. The summed E-state index contributed by atoms with van der Waals surface area (Å²) in [5, 5.41) is 4.41. The van der Waals surface area contributed by atoms with Crippen LogP contribution in [0.25, 0.3) is 22.0 Å². The molecule has 0 saturated heterocycles. The third kappa shape index (κ3) is 4.28. The maximum Gasteiger partial charge on any atom is 0.220 e. The van der Waals surface area contributed by atoms with Crippen molar-refractivity contribution in [3.63, 3.8) is 0 Å². The second-order valence-electron chi connectivity index (χ2n) is 11.9. The number of hydrogen-bond acceptors (Lipinski definition) is 0. The fourth-order valence-electron chi connectivity index (χ4n) is 7.56. The predicted octanol–water partition coefficient (Wildman–Crippen LogP) is 8.57. The average Bonchev–Trinajstić information content (AvgIpc) is 2.80. The number of benzene rings is 2. The molecular formula is C32H46NSi+.